The van der Waals surface area contributed by atoms with Gasteiger partial charge in [0, 0.05) is 35.9 Å². The highest BCUT2D eigenvalue weighted by Gasteiger charge is 2.33. The van der Waals surface area contributed by atoms with Gasteiger partial charge in [0.2, 0.25) is 0 Å². The molecule has 10 heteroatoms. The summed E-state index contributed by atoms with van der Waals surface area (Å²) in [4.78, 5) is 8.87. The molecule has 2 aromatic heterocycles. The SMILES string of the molecule is C=C(CCc1nc(C2CCOC(c3cnn4c3CCCC4)C2)nc(N)c1N)C(F)(F)F. The lowest BCUT2D eigenvalue weighted by Crippen LogP contribution is -2.23. The second kappa shape index (κ2) is 8.49. The summed E-state index contributed by atoms with van der Waals surface area (Å²) in [5.74, 6) is 0.586. The second-order valence-corrected chi connectivity index (χ2v) is 8.24. The highest BCUT2D eigenvalue weighted by atomic mass is 19.4. The fraction of sp³-hybridized carbons (Fsp3) is 0.571. The summed E-state index contributed by atoms with van der Waals surface area (Å²) in [6.07, 6.45) is 1.68. The molecule has 4 heterocycles. The van der Waals surface area contributed by atoms with Crippen LogP contribution in [0, 0.1) is 0 Å². The molecule has 2 aliphatic rings. The van der Waals surface area contributed by atoms with E-state index in [1.54, 1.807) is 0 Å². The number of halogens is 3. The molecule has 168 valence electrons. The van der Waals surface area contributed by atoms with E-state index in [1.165, 1.54) is 5.69 Å². The van der Waals surface area contributed by atoms with Crippen LogP contribution < -0.4 is 11.5 Å². The first kappa shape index (κ1) is 21.6. The van der Waals surface area contributed by atoms with Gasteiger partial charge in [-0.3, -0.25) is 4.68 Å². The van der Waals surface area contributed by atoms with Crippen LogP contribution in [0.15, 0.2) is 18.3 Å². The molecule has 2 unspecified atom stereocenters. The maximum Gasteiger partial charge on any atom is 0.412 e. The largest absolute Gasteiger partial charge is 0.412 e. The first-order chi connectivity index (χ1) is 14.7. The van der Waals surface area contributed by atoms with Gasteiger partial charge in [-0.15, -0.1) is 0 Å². The summed E-state index contributed by atoms with van der Waals surface area (Å²) in [6.45, 7) is 4.58. The minimum absolute atomic E-state index is 0.00740. The summed E-state index contributed by atoms with van der Waals surface area (Å²) < 4.78 is 46.5. The highest BCUT2D eigenvalue weighted by Crippen LogP contribution is 2.39. The topological polar surface area (TPSA) is 105 Å². The Bertz CT molecular complexity index is 971. The Balaban J connectivity index is 1.53. The Morgan fingerprint density at radius 3 is 2.84 bits per heavy atom. The number of aryl methyl sites for hydroxylation is 2. The average Bonchev–Trinajstić information content (AvgIpc) is 3.18. The van der Waals surface area contributed by atoms with E-state index in [1.807, 2.05) is 6.20 Å². The standard InChI is InChI=1S/C21H27F3N6O/c1-12(21(22,23)24)5-6-15-18(25)19(26)29-20(28-15)13-7-9-31-17(10-13)14-11-27-30-8-3-2-4-16(14)30/h11,13,17H,1-10,25H2,(H2,26,28,29). The smallest absolute Gasteiger partial charge is 0.394 e. The number of nitrogen functional groups attached to an aromatic ring is 2. The Hall–Kier alpha value is -2.62. The number of aromatic nitrogens is 4. The van der Waals surface area contributed by atoms with E-state index < -0.39 is 11.7 Å². The normalized spacial score (nSPS) is 21.6. The maximum atomic E-state index is 12.8. The van der Waals surface area contributed by atoms with E-state index in [0.29, 0.717) is 31.0 Å². The lowest BCUT2D eigenvalue weighted by molar-refractivity contribution is -0.0935. The molecule has 4 N–H and O–H groups in total. The summed E-state index contributed by atoms with van der Waals surface area (Å²) in [5.41, 5.74) is 13.9. The first-order valence-corrected chi connectivity index (χ1v) is 10.6. The zero-order valence-electron chi connectivity index (χ0n) is 17.3. The number of rotatable bonds is 5. The summed E-state index contributed by atoms with van der Waals surface area (Å²) >= 11 is 0. The molecule has 31 heavy (non-hydrogen) atoms. The van der Waals surface area contributed by atoms with E-state index in [0.717, 1.165) is 31.4 Å². The number of hydrogen-bond acceptors (Lipinski definition) is 6. The molecule has 2 atom stereocenters. The van der Waals surface area contributed by atoms with Gasteiger partial charge in [0.25, 0.3) is 0 Å². The predicted octanol–water partition coefficient (Wildman–Crippen LogP) is 3.86. The van der Waals surface area contributed by atoms with Gasteiger partial charge in [0.1, 0.15) is 5.82 Å². The van der Waals surface area contributed by atoms with Gasteiger partial charge in [0.05, 0.1) is 23.7 Å². The van der Waals surface area contributed by atoms with Gasteiger partial charge in [-0.1, -0.05) is 6.58 Å². The summed E-state index contributed by atoms with van der Waals surface area (Å²) in [7, 11) is 0. The van der Waals surface area contributed by atoms with Crippen molar-refractivity contribution in [1.29, 1.82) is 0 Å². The van der Waals surface area contributed by atoms with Crippen LogP contribution in [0.2, 0.25) is 0 Å². The predicted molar refractivity (Wildman–Crippen MR) is 110 cm³/mol. The Labute approximate surface area is 178 Å². The number of fused-ring (bicyclic) bond motifs is 1. The minimum Gasteiger partial charge on any atom is -0.394 e. The lowest BCUT2D eigenvalue weighted by Gasteiger charge is -2.30. The van der Waals surface area contributed by atoms with Crippen molar-refractivity contribution in [2.75, 3.05) is 18.1 Å². The quantitative estimate of drug-likeness (QED) is 0.690. The summed E-state index contributed by atoms with van der Waals surface area (Å²) in [5, 5.41) is 4.50. The van der Waals surface area contributed by atoms with Crippen LogP contribution in [0.25, 0.3) is 0 Å². The van der Waals surface area contributed by atoms with E-state index >= 15 is 0 Å². The number of alkyl halides is 3. The van der Waals surface area contributed by atoms with Crippen LogP contribution in [0.1, 0.15) is 66.9 Å². The molecule has 0 spiro atoms. The molecular weight excluding hydrogens is 409 g/mol. The Morgan fingerprint density at radius 2 is 2.06 bits per heavy atom. The Kier molecular flexibility index (Phi) is 5.92. The lowest BCUT2D eigenvalue weighted by atomic mass is 9.90. The zero-order valence-corrected chi connectivity index (χ0v) is 17.3. The van der Waals surface area contributed by atoms with Crippen LogP contribution in [-0.2, 0) is 24.1 Å². The molecule has 7 nitrogen and oxygen atoms in total. The van der Waals surface area contributed by atoms with Crippen molar-refractivity contribution < 1.29 is 17.9 Å². The first-order valence-electron chi connectivity index (χ1n) is 10.6. The molecule has 4 rings (SSSR count). The molecule has 0 aliphatic carbocycles. The third-order valence-electron chi connectivity index (χ3n) is 6.15. The molecule has 2 aromatic rings. The van der Waals surface area contributed by atoms with Crippen molar-refractivity contribution >= 4 is 11.5 Å². The van der Waals surface area contributed by atoms with Crippen molar-refractivity contribution in [3.8, 4) is 0 Å². The van der Waals surface area contributed by atoms with Crippen LogP contribution in [0.4, 0.5) is 24.7 Å². The monoisotopic (exact) mass is 436 g/mol. The molecule has 0 amide bonds. The van der Waals surface area contributed by atoms with E-state index in [-0.39, 0.29) is 36.4 Å². The third kappa shape index (κ3) is 4.53. The molecule has 0 bridgehead atoms. The van der Waals surface area contributed by atoms with Crippen LogP contribution >= 0.6 is 0 Å². The van der Waals surface area contributed by atoms with Gasteiger partial charge in [-0.25, -0.2) is 9.97 Å². The molecule has 0 saturated carbocycles. The van der Waals surface area contributed by atoms with E-state index in [9.17, 15) is 13.2 Å². The average molecular weight is 436 g/mol. The number of hydrogen-bond donors (Lipinski definition) is 2. The number of nitrogens with two attached hydrogens (primary N) is 2. The van der Waals surface area contributed by atoms with Crippen molar-refractivity contribution in [2.24, 2.45) is 0 Å². The van der Waals surface area contributed by atoms with Crippen molar-refractivity contribution in [3.05, 3.63) is 41.1 Å². The van der Waals surface area contributed by atoms with E-state index in [2.05, 4.69) is 26.3 Å². The molecule has 0 aromatic carbocycles. The van der Waals surface area contributed by atoms with Gasteiger partial charge in [-0.05, 0) is 44.9 Å². The zero-order chi connectivity index (χ0) is 22.2. The summed E-state index contributed by atoms with van der Waals surface area (Å²) in [6, 6.07) is 0. The van der Waals surface area contributed by atoms with Crippen molar-refractivity contribution in [2.45, 2.75) is 69.7 Å². The van der Waals surface area contributed by atoms with Crippen molar-refractivity contribution in [3.63, 3.8) is 0 Å². The van der Waals surface area contributed by atoms with Crippen LogP contribution in [0.3, 0.4) is 0 Å². The molecule has 1 saturated heterocycles. The third-order valence-corrected chi connectivity index (χ3v) is 6.15. The molecular formula is C21H27F3N6O. The Morgan fingerprint density at radius 1 is 1.26 bits per heavy atom. The fourth-order valence-electron chi connectivity index (χ4n) is 4.30. The van der Waals surface area contributed by atoms with Gasteiger partial charge in [-0.2, -0.15) is 18.3 Å². The number of nitrogens with zero attached hydrogens (tertiary/aromatic N) is 4. The molecule has 2 aliphatic heterocycles. The van der Waals surface area contributed by atoms with Gasteiger partial charge >= 0.3 is 6.18 Å². The van der Waals surface area contributed by atoms with Crippen LogP contribution in [-0.4, -0.2) is 32.5 Å². The van der Waals surface area contributed by atoms with E-state index in [4.69, 9.17) is 16.2 Å². The fourth-order valence-corrected chi connectivity index (χ4v) is 4.30. The highest BCUT2D eigenvalue weighted by molar-refractivity contribution is 5.61. The number of ether oxygens (including phenoxy) is 1. The molecule has 0 radical (unpaired) electrons. The second-order valence-electron chi connectivity index (χ2n) is 8.24. The minimum atomic E-state index is -4.44. The maximum absolute atomic E-state index is 12.8. The number of allylic oxidation sites excluding steroid dienone is 1. The molecule has 1 fully saturated rings. The van der Waals surface area contributed by atoms with Gasteiger partial charge < -0.3 is 16.2 Å². The number of anilines is 2. The van der Waals surface area contributed by atoms with Crippen LogP contribution in [0.5, 0.6) is 0 Å². The van der Waals surface area contributed by atoms with Gasteiger partial charge in [0.15, 0.2) is 5.82 Å². The van der Waals surface area contributed by atoms with Crippen molar-refractivity contribution in [1.82, 2.24) is 19.7 Å².